The number of halogens is 1. The van der Waals surface area contributed by atoms with Crippen LogP contribution in [0.5, 0.6) is 0 Å². The molecular weight excluding hydrogens is 256 g/mol. The minimum absolute atomic E-state index is 0.227. The number of rotatable bonds is 5. The van der Waals surface area contributed by atoms with Gasteiger partial charge in [-0.05, 0) is 27.7 Å². The van der Waals surface area contributed by atoms with Gasteiger partial charge in [-0.3, -0.25) is 4.79 Å². The van der Waals surface area contributed by atoms with Crippen molar-refractivity contribution in [3.8, 4) is 0 Å². The summed E-state index contributed by atoms with van der Waals surface area (Å²) in [7, 11) is 0. The molecule has 0 spiro atoms. The molecule has 1 unspecified atom stereocenters. The molecule has 1 rings (SSSR count). The van der Waals surface area contributed by atoms with Crippen LogP contribution in [0.2, 0.25) is 0 Å². The number of nitrogens with one attached hydrogen (secondary N) is 1. The highest BCUT2D eigenvalue weighted by Gasteiger charge is 2.13. The molecular formula is C12H19ClN2O3. The van der Waals surface area contributed by atoms with Crippen LogP contribution in [-0.4, -0.2) is 22.0 Å². The van der Waals surface area contributed by atoms with E-state index in [-0.39, 0.29) is 11.5 Å². The summed E-state index contributed by atoms with van der Waals surface area (Å²) in [5, 5.41) is 5.93. The summed E-state index contributed by atoms with van der Waals surface area (Å²) in [5.74, 6) is 0.403. The van der Waals surface area contributed by atoms with Crippen LogP contribution in [0.15, 0.2) is 10.6 Å². The molecule has 0 bridgehead atoms. The third-order valence-electron chi connectivity index (χ3n) is 2.06. The maximum atomic E-state index is 11.3. The number of ether oxygens (including phenoxy) is 1. The van der Waals surface area contributed by atoms with Gasteiger partial charge in [0.25, 0.3) is 0 Å². The van der Waals surface area contributed by atoms with Gasteiger partial charge in [-0.2, -0.15) is 0 Å². The zero-order valence-corrected chi connectivity index (χ0v) is 11.9. The molecule has 102 valence electrons. The monoisotopic (exact) mass is 274 g/mol. The highest BCUT2D eigenvalue weighted by Crippen LogP contribution is 2.12. The number of amides is 1. The smallest absolute Gasteiger partial charge is 0.238 e. The molecule has 0 aromatic carbocycles. The molecule has 1 N–H and O–H groups in total. The molecule has 0 aliphatic rings. The minimum Gasteiger partial charge on any atom is -0.368 e. The average molecular weight is 275 g/mol. The van der Waals surface area contributed by atoms with Gasteiger partial charge in [0.1, 0.15) is 17.7 Å². The Hall–Kier alpha value is -1.07. The molecule has 0 saturated carbocycles. The topological polar surface area (TPSA) is 64.4 Å². The number of hydrogen-bond donors (Lipinski definition) is 1. The zero-order chi connectivity index (χ0) is 13.8. The van der Waals surface area contributed by atoms with Crippen LogP contribution < -0.4 is 5.32 Å². The van der Waals surface area contributed by atoms with Gasteiger partial charge in [-0.1, -0.05) is 5.16 Å². The van der Waals surface area contributed by atoms with E-state index in [2.05, 4.69) is 10.5 Å². The molecule has 0 aliphatic carbocycles. The van der Waals surface area contributed by atoms with Crippen molar-refractivity contribution >= 4 is 17.5 Å². The lowest BCUT2D eigenvalue weighted by Crippen LogP contribution is -2.29. The fourth-order valence-corrected chi connectivity index (χ4v) is 1.19. The minimum atomic E-state index is -0.555. The van der Waals surface area contributed by atoms with Crippen LogP contribution in [0.4, 0.5) is 0 Å². The highest BCUT2D eigenvalue weighted by molar-refractivity contribution is 6.30. The van der Waals surface area contributed by atoms with E-state index in [9.17, 15) is 4.79 Å². The predicted molar refractivity (Wildman–Crippen MR) is 68.2 cm³/mol. The van der Waals surface area contributed by atoms with Gasteiger partial charge in [0.15, 0.2) is 5.76 Å². The van der Waals surface area contributed by atoms with Crippen LogP contribution in [0.3, 0.4) is 0 Å². The fourth-order valence-electron chi connectivity index (χ4n) is 1.11. The number of hydrogen-bond acceptors (Lipinski definition) is 4. The second kappa shape index (κ2) is 6.20. The third-order valence-corrected chi connectivity index (χ3v) is 2.26. The van der Waals surface area contributed by atoms with Crippen molar-refractivity contribution in [1.29, 1.82) is 0 Å². The summed E-state index contributed by atoms with van der Waals surface area (Å²) in [5.41, 5.74) is 0.419. The van der Waals surface area contributed by atoms with Gasteiger partial charge < -0.3 is 14.6 Å². The Morgan fingerprint density at radius 1 is 1.61 bits per heavy atom. The van der Waals surface area contributed by atoms with Crippen LogP contribution >= 0.6 is 11.6 Å². The molecule has 1 aromatic rings. The van der Waals surface area contributed by atoms with Crippen molar-refractivity contribution in [2.45, 2.75) is 51.8 Å². The Morgan fingerprint density at radius 3 is 2.83 bits per heavy atom. The molecule has 1 aromatic heterocycles. The maximum Gasteiger partial charge on any atom is 0.238 e. The predicted octanol–water partition coefficient (Wildman–Crippen LogP) is 2.23. The molecule has 18 heavy (non-hydrogen) atoms. The van der Waals surface area contributed by atoms with Crippen LogP contribution in [0.1, 0.15) is 39.1 Å². The van der Waals surface area contributed by atoms with Crippen molar-refractivity contribution in [2.75, 3.05) is 0 Å². The Bertz CT molecular complexity index is 396. The van der Waals surface area contributed by atoms with E-state index < -0.39 is 5.38 Å². The molecule has 1 atom stereocenters. The van der Waals surface area contributed by atoms with Gasteiger partial charge >= 0.3 is 0 Å². The number of carbonyl (C=O) groups is 1. The number of nitrogens with zero attached hydrogens (tertiary/aromatic N) is 1. The first-order valence-electron chi connectivity index (χ1n) is 5.78. The van der Waals surface area contributed by atoms with E-state index in [4.69, 9.17) is 20.9 Å². The van der Waals surface area contributed by atoms with Crippen molar-refractivity contribution in [3.05, 3.63) is 17.5 Å². The second-order valence-corrected chi connectivity index (χ2v) is 5.67. The van der Waals surface area contributed by atoms with Gasteiger partial charge in [0, 0.05) is 6.07 Å². The van der Waals surface area contributed by atoms with Crippen LogP contribution in [0.25, 0.3) is 0 Å². The number of aromatic nitrogens is 1. The average Bonchev–Trinajstić information content (AvgIpc) is 2.70. The fraction of sp³-hybridized carbons (Fsp3) is 0.667. The summed E-state index contributed by atoms with van der Waals surface area (Å²) in [6.45, 7) is 8.17. The van der Waals surface area contributed by atoms with Gasteiger partial charge in [0.2, 0.25) is 5.91 Å². The van der Waals surface area contributed by atoms with Crippen LogP contribution in [0, 0.1) is 0 Å². The SMILES string of the molecule is CC(Cl)C(=O)NCc1cc(COC(C)(C)C)on1. The quantitative estimate of drug-likeness (QED) is 0.837. The lowest BCUT2D eigenvalue weighted by Gasteiger charge is -2.17. The molecule has 0 aliphatic heterocycles. The van der Waals surface area contributed by atoms with Crippen molar-refractivity contribution in [3.63, 3.8) is 0 Å². The number of carbonyl (C=O) groups excluding carboxylic acids is 1. The summed E-state index contributed by atoms with van der Waals surface area (Å²) in [6.07, 6.45) is 0. The molecule has 1 heterocycles. The van der Waals surface area contributed by atoms with Crippen LogP contribution in [-0.2, 0) is 22.7 Å². The third kappa shape index (κ3) is 5.51. The van der Waals surface area contributed by atoms with E-state index in [1.807, 2.05) is 20.8 Å². The first-order valence-corrected chi connectivity index (χ1v) is 6.22. The van der Waals surface area contributed by atoms with E-state index >= 15 is 0 Å². The Morgan fingerprint density at radius 2 is 2.28 bits per heavy atom. The van der Waals surface area contributed by atoms with E-state index in [1.54, 1.807) is 13.0 Å². The molecule has 0 fully saturated rings. The standard InChI is InChI=1S/C12H19ClN2O3/c1-8(13)11(16)14-6-9-5-10(18-15-9)7-17-12(2,3)4/h5,8H,6-7H2,1-4H3,(H,14,16). The normalized spacial score (nSPS) is 13.4. The molecule has 6 heteroatoms. The first-order chi connectivity index (χ1) is 8.28. The molecule has 0 radical (unpaired) electrons. The van der Waals surface area contributed by atoms with Gasteiger partial charge in [0.05, 0.1) is 12.1 Å². The summed E-state index contributed by atoms with van der Waals surface area (Å²) in [6, 6.07) is 1.75. The molecule has 1 amide bonds. The molecule has 5 nitrogen and oxygen atoms in total. The lowest BCUT2D eigenvalue weighted by atomic mass is 10.2. The van der Waals surface area contributed by atoms with E-state index in [1.165, 1.54) is 0 Å². The van der Waals surface area contributed by atoms with Crippen molar-refractivity contribution in [2.24, 2.45) is 0 Å². The van der Waals surface area contributed by atoms with E-state index in [0.29, 0.717) is 24.6 Å². The Balaban J connectivity index is 2.41. The summed E-state index contributed by atoms with van der Waals surface area (Å²) < 4.78 is 10.6. The first kappa shape index (κ1) is 15.0. The van der Waals surface area contributed by atoms with Crippen molar-refractivity contribution < 1.29 is 14.1 Å². The Kier molecular flexibility index (Phi) is 5.16. The summed E-state index contributed by atoms with van der Waals surface area (Å²) >= 11 is 5.62. The second-order valence-electron chi connectivity index (χ2n) is 5.02. The number of alkyl halides is 1. The molecule has 0 saturated heterocycles. The highest BCUT2D eigenvalue weighted by atomic mass is 35.5. The van der Waals surface area contributed by atoms with E-state index in [0.717, 1.165) is 0 Å². The van der Waals surface area contributed by atoms with Gasteiger partial charge in [-0.25, -0.2) is 0 Å². The largest absolute Gasteiger partial charge is 0.368 e. The van der Waals surface area contributed by atoms with Gasteiger partial charge in [-0.15, -0.1) is 11.6 Å². The maximum absolute atomic E-state index is 11.3. The zero-order valence-electron chi connectivity index (χ0n) is 11.1. The lowest BCUT2D eigenvalue weighted by molar-refractivity contribution is -0.120. The van der Waals surface area contributed by atoms with Crippen molar-refractivity contribution in [1.82, 2.24) is 10.5 Å². The Labute approximate surface area is 112 Å². The summed E-state index contributed by atoms with van der Waals surface area (Å²) in [4.78, 5) is 11.3.